The van der Waals surface area contributed by atoms with E-state index < -0.39 is 17.4 Å². The maximum Gasteiger partial charge on any atom is 0.210 e. The maximum absolute atomic E-state index is 10.1. The van der Waals surface area contributed by atoms with E-state index in [0.29, 0.717) is 0 Å². The molecule has 0 fully saturated rings. The lowest BCUT2D eigenvalue weighted by Crippen LogP contribution is -2.02. The van der Waals surface area contributed by atoms with Crippen LogP contribution in [0.1, 0.15) is 0 Å². The number of halogens is 1. The van der Waals surface area contributed by atoms with Gasteiger partial charge in [0.1, 0.15) is 12.5 Å². The van der Waals surface area contributed by atoms with Crippen molar-refractivity contribution in [3.05, 3.63) is 5.03 Å². The number of carbonyl (C=O) groups is 1. The van der Waals surface area contributed by atoms with Gasteiger partial charge in [0.05, 0.1) is 0 Å². The number of Topliss-reactive ketones (excluding diaryl/α,β-unsaturated/α-hetero) is 1. The summed E-state index contributed by atoms with van der Waals surface area (Å²) in [5.74, 6) is 0.334. The van der Waals surface area contributed by atoms with E-state index in [-0.39, 0.29) is 0 Å². The van der Waals surface area contributed by atoms with Gasteiger partial charge in [-0.1, -0.05) is 11.6 Å². The molecule has 0 aliphatic carbocycles. The van der Waals surface area contributed by atoms with Gasteiger partial charge in [0.25, 0.3) is 0 Å². The topological polar surface area (TPSA) is 54.4 Å². The Balaban J connectivity index is 4.04. The van der Waals surface area contributed by atoms with Crippen LogP contribution >= 0.6 is 11.6 Å². The molecule has 0 aliphatic rings. The molecule has 8 heavy (non-hydrogen) atoms. The molecule has 0 rings (SSSR count). The molecule has 0 atom stereocenters. The van der Waals surface area contributed by atoms with Crippen LogP contribution in [0, 0.1) is 0 Å². The van der Waals surface area contributed by atoms with E-state index in [4.69, 9.17) is 16.7 Å². The summed E-state index contributed by atoms with van der Waals surface area (Å²) in [4.78, 5) is 19.5. The van der Waals surface area contributed by atoms with Gasteiger partial charge < -0.3 is 5.11 Å². The van der Waals surface area contributed by atoms with Gasteiger partial charge in [-0.05, 0) is 0 Å². The largest absolute Gasteiger partial charge is 0.388 e. The molecule has 44 valence electrons. The predicted octanol–water partition coefficient (Wildman–Crippen LogP) is -0.498. The predicted molar refractivity (Wildman–Crippen MR) is 27.2 cm³/mol. The van der Waals surface area contributed by atoms with Crippen molar-refractivity contribution in [2.24, 2.45) is 0 Å². The summed E-state index contributed by atoms with van der Waals surface area (Å²) in [6.07, 6.45) is 0. The summed E-state index contributed by atoms with van der Waals surface area (Å²) in [6.45, 7) is -0.742. The van der Waals surface area contributed by atoms with Gasteiger partial charge in [-0.2, -0.15) is 0 Å². The molecule has 0 bridgehead atoms. The quantitative estimate of drug-likeness (QED) is 0.409. The Bertz CT molecular complexity index is 145. The van der Waals surface area contributed by atoms with E-state index in [1.54, 1.807) is 0 Å². The number of hydrogen-bond donors (Lipinski definition) is 1. The molecule has 0 aromatic carbocycles. The molecule has 0 aromatic rings. The molecule has 0 saturated carbocycles. The van der Waals surface area contributed by atoms with Crippen molar-refractivity contribution in [3.8, 4) is 0 Å². The minimum absolute atomic E-state index is 0.590. The molecule has 0 unspecified atom stereocenters. The summed E-state index contributed by atoms with van der Waals surface area (Å²) < 4.78 is 0. The Labute approximate surface area is 50.6 Å². The zero-order valence-electron chi connectivity index (χ0n) is 3.85. The van der Waals surface area contributed by atoms with Gasteiger partial charge in [0, 0.05) is 0 Å². The number of carbonyl (C=O) groups excluding carboxylic acids is 2. The Kier molecular flexibility index (Phi) is 3.12. The summed E-state index contributed by atoms with van der Waals surface area (Å²) in [5, 5.41) is 7.41. The SMILES string of the molecule is O=C=C(Cl)C(=O)CO. The van der Waals surface area contributed by atoms with Gasteiger partial charge in [-0.3, -0.25) is 4.79 Å². The Morgan fingerprint density at radius 2 is 2.25 bits per heavy atom. The second-order valence-corrected chi connectivity index (χ2v) is 1.38. The third-order valence-corrected chi connectivity index (χ3v) is 0.766. The average Bonchev–Trinajstić information content (AvgIpc) is 1.84. The molecule has 0 heterocycles. The first-order valence-electron chi connectivity index (χ1n) is 1.77. The van der Waals surface area contributed by atoms with Crippen LogP contribution in [-0.4, -0.2) is 23.4 Å². The Morgan fingerprint density at radius 1 is 1.75 bits per heavy atom. The smallest absolute Gasteiger partial charge is 0.210 e. The minimum Gasteiger partial charge on any atom is -0.388 e. The number of rotatable bonds is 2. The Hall–Kier alpha value is -0.630. The van der Waals surface area contributed by atoms with E-state index in [1.807, 2.05) is 0 Å². The highest BCUT2D eigenvalue weighted by Gasteiger charge is 2.03. The molecule has 1 N–H and O–H groups in total. The second kappa shape index (κ2) is 3.38. The lowest BCUT2D eigenvalue weighted by atomic mass is 10.4. The van der Waals surface area contributed by atoms with Gasteiger partial charge in [0.15, 0.2) is 5.03 Å². The number of ketones is 1. The van der Waals surface area contributed by atoms with Crippen molar-refractivity contribution in [1.29, 1.82) is 0 Å². The average molecular weight is 135 g/mol. The molecule has 0 aromatic heterocycles. The van der Waals surface area contributed by atoms with Gasteiger partial charge >= 0.3 is 0 Å². The first kappa shape index (κ1) is 7.37. The maximum atomic E-state index is 10.1. The van der Waals surface area contributed by atoms with E-state index in [1.165, 1.54) is 0 Å². The summed E-state index contributed by atoms with van der Waals surface area (Å²) >= 11 is 4.90. The molecular formula is C4H3ClO3. The van der Waals surface area contributed by atoms with Crippen LogP contribution in [0.15, 0.2) is 5.03 Å². The minimum atomic E-state index is -0.804. The van der Waals surface area contributed by atoms with E-state index in [0.717, 1.165) is 5.94 Å². The monoisotopic (exact) mass is 134 g/mol. The molecule has 0 amide bonds. The molecule has 0 spiro atoms. The van der Waals surface area contributed by atoms with Crippen molar-refractivity contribution in [2.75, 3.05) is 6.61 Å². The van der Waals surface area contributed by atoms with E-state index >= 15 is 0 Å². The highest BCUT2D eigenvalue weighted by Crippen LogP contribution is 1.94. The third kappa shape index (κ3) is 1.89. The van der Waals surface area contributed by atoms with E-state index in [2.05, 4.69) is 0 Å². The van der Waals surface area contributed by atoms with Gasteiger partial charge in [0.2, 0.25) is 5.78 Å². The number of hydrogen-bond acceptors (Lipinski definition) is 3. The van der Waals surface area contributed by atoms with Crippen LogP contribution < -0.4 is 0 Å². The van der Waals surface area contributed by atoms with Crippen molar-refractivity contribution in [3.63, 3.8) is 0 Å². The zero-order valence-corrected chi connectivity index (χ0v) is 4.60. The van der Waals surface area contributed by atoms with Crippen LogP contribution in [0.4, 0.5) is 0 Å². The molecule has 0 aliphatic heterocycles. The van der Waals surface area contributed by atoms with Crippen LogP contribution in [0.2, 0.25) is 0 Å². The normalized spacial score (nSPS) is 7.75. The fourth-order valence-corrected chi connectivity index (χ4v) is 0.186. The van der Waals surface area contributed by atoms with Crippen LogP contribution in [0.5, 0.6) is 0 Å². The molecule has 0 saturated heterocycles. The van der Waals surface area contributed by atoms with Crippen LogP contribution in [-0.2, 0) is 9.59 Å². The Morgan fingerprint density at radius 3 is 2.38 bits per heavy atom. The highest BCUT2D eigenvalue weighted by atomic mass is 35.5. The van der Waals surface area contributed by atoms with Gasteiger partial charge in [-0.25, -0.2) is 4.79 Å². The summed E-state index contributed by atoms with van der Waals surface area (Å²) in [5.41, 5.74) is 0. The van der Waals surface area contributed by atoms with Crippen molar-refractivity contribution >= 4 is 23.3 Å². The fourth-order valence-electron chi connectivity index (χ4n) is 0.126. The van der Waals surface area contributed by atoms with Crippen molar-refractivity contribution in [1.82, 2.24) is 0 Å². The molecular weight excluding hydrogens is 131 g/mol. The second-order valence-electron chi connectivity index (χ2n) is 0.997. The molecule has 4 heteroatoms. The summed E-state index contributed by atoms with van der Waals surface area (Å²) in [6, 6.07) is 0. The van der Waals surface area contributed by atoms with Gasteiger partial charge in [-0.15, -0.1) is 0 Å². The van der Waals surface area contributed by atoms with Crippen LogP contribution in [0.25, 0.3) is 0 Å². The first-order chi connectivity index (χ1) is 3.72. The summed E-state index contributed by atoms with van der Waals surface area (Å²) in [7, 11) is 0. The zero-order chi connectivity index (χ0) is 6.57. The number of aliphatic hydroxyl groups is 1. The molecule has 3 nitrogen and oxygen atoms in total. The third-order valence-electron chi connectivity index (χ3n) is 0.478. The lowest BCUT2D eigenvalue weighted by Gasteiger charge is -1.82. The number of aliphatic hydroxyl groups excluding tert-OH is 1. The fraction of sp³-hybridized carbons (Fsp3) is 0.250. The first-order valence-corrected chi connectivity index (χ1v) is 2.14. The standard InChI is InChI=1S/C4H3ClO3/c5-3(1-6)4(8)2-7/h7H,2H2. The lowest BCUT2D eigenvalue weighted by molar-refractivity contribution is -0.117. The molecule has 0 radical (unpaired) electrons. The van der Waals surface area contributed by atoms with Crippen molar-refractivity contribution < 1.29 is 14.7 Å². The van der Waals surface area contributed by atoms with Crippen molar-refractivity contribution in [2.45, 2.75) is 0 Å². The van der Waals surface area contributed by atoms with Crippen LogP contribution in [0.3, 0.4) is 0 Å². The van der Waals surface area contributed by atoms with E-state index in [9.17, 15) is 9.59 Å². The highest BCUT2D eigenvalue weighted by molar-refractivity contribution is 6.46.